The van der Waals surface area contributed by atoms with Gasteiger partial charge >= 0.3 is 17.9 Å². The van der Waals surface area contributed by atoms with Gasteiger partial charge in [-0.2, -0.15) is 0 Å². The molecule has 0 N–H and O–H groups in total. The van der Waals surface area contributed by atoms with Crippen LogP contribution >= 0.6 is 0 Å². The Bertz CT molecular complexity index is 1470. The van der Waals surface area contributed by atoms with Crippen molar-refractivity contribution < 1.29 is 33.3 Å². The van der Waals surface area contributed by atoms with Crippen molar-refractivity contribution in [3.63, 3.8) is 0 Å². The van der Waals surface area contributed by atoms with E-state index in [2.05, 4.69) is 34.3 Å². The summed E-state index contributed by atoms with van der Waals surface area (Å²) >= 11 is 0. The van der Waals surface area contributed by atoms with Crippen LogP contribution in [0.2, 0.25) is 0 Å². The molecule has 6 atom stereocenters. The lowest BCUT2D eigenvalue weighted by Gasteiger charge is -2.57. The highest BCUT2D eigenvalue weighted by molar-refractivity contribution is 5.83. The van der Waals surface area contributed by atoms with Gasteiger partial charge in [-0.05, 0) is 83.9 Å². The quantitative estimate of drug-likeness (QED) is 0.202. The summed E-state index contributed by atoms with van der Waals surface area (Å²) in [6.45, 7) is 15.8. The van der Waals surface area contributed by atoms with Crippen molar-refractivity contribution in [1.82, 2.24) is 0 Å². The molecule has 2 fully saturated rings. The fourth-order valence-electron chi connectivity index (χ4n) is 8.30. The molecule has 0 unspecified atom stereocenters. The third-order valence-electron chi connectivity index (χ3n) is 10.1. The molecule has 2 saturated carbocycles. The Hall–Kier alpha value is -3.61. The highest BCUT2D eigenvalue weighted by Gasteiger charge is 2.58. The summed E-state index contributed by atoms with van der Waals surface area (Å²) in [4.78, 5) is 38.0. The maximum atomic E-state index is 13.1. The van der Waals surface area contributed by atoms with Crippen molar-refractivity contribution in [2.75, 3.05) is 6.61 Å². The van der Waals surface area contributed by atoms with Crippen molar-refractivity contribution in [2.24, 2.45) is 22.7 Å². The summed E-state index contributed by atoms with van der Waals surface area (Å²) in [5, 5.41) is 2.12. The summed E-state index contributed by atoms with van der Waals surface area (Å²) < 4.78 is 24.0. The van der Waals surface area contributed by atoms with Gasteiger partial charge in [-0.15, -0.1) is 0 Å². The van der Waals surface area contributed by atoms with Crippen LogP contribution in [0.25, 0.3) is 10.8 Å². The summed E-state index contributed by atoms with van der Waals surface area (Å²) in [6, 6.07) is 13.7. The van der Waals surface area contributed by atoms with Crippen molar-refractivity contribution in [1.29, 1.82) is 0 Å². The van der Waals surface area contributed by atoms with Crippen LogP contribution in [0.5, 0.6) is 5.75 Å². The molecule has 0 radical (unpaired) electrons. The predicted molar refractivity (Wildman–Crippen MR) is 164 cm³/mol. The first kappa shape index (κ1) is 30.8. The zero-order valence-electron chi connectivity index (χ0n) is 26.2. The van der Waals surface area contributed by atoms with Gasteiger partial charge in [0.2, 0.25) is 0 Å². The van der Waals surface area contributed by atoms with E-state index in [0.29, 0.717) is 25.0 Å². The highest BCUT2D eigenvalue weighted by atomic mass is 16.6. The Morgan fingerprint density at radius 2 is 1.60 bits per heavy atom. The average Bonchev–Trinajstić information content (AvgIpc) is 2.91. The van der Waals surface area contributed by atoms with Gasteiger partial charge in [0.05, 0.1) is 0 Å². The van der Waals surface area contributed by atoms with E-state index >= 15 is 0 Å². The first-order chi connectivity index (χ1) is 20.3. The average molecular weight is 589 g/mol. The van der Waals surface area contributed by atoms with Gasteiger partial charge in [0.25, 0.3) is 0 Å². The van der Waals surface area contributed by atoms with Crippen LogP contribution in [-0.4, -0.2) is 42.8 Å². The minimum Gasteiger partial charge on any atom is -0.482 e. The van der Waals surface area contributed by atoms with Gasteiger partial charge in [-0.25, -0.2) is 4.79 Å². The predicted octanol–water partition coefficient (Wildman–Crippen LogP) is 7.12. The maximum Gasteiger partial charge on any atom is 0.344 e. The van der Waals surface area contributed by atoms with E-state index in [0.717, 1.165) is 34.8 Å². The molecular formula is C36H44O7. The van der Waals surface area contributed by atoms with Crippen molar-refractivity contribution in [3.8, 4) is 5.75 Å². The second kappa shape index (κ2) is 11.8. The number of ether oxygens (including phenoxy) is 4. The molecule has 7 heteroatoms. The van der Waals surface area contributed by atoms with Crippen molar-refractivity contribution in [3.05, 3.63) is 65.8 Å². The van der Waals surface area contributed by atoms with Gasteiger partial charge in [-0.1, -0.05) is 63.3 Å². The molecule has 2 bridgehead atoms. The standard InChI is InChI=1S/C36H44O7/c1-21-12-15-28-34(42-24(4)38)33-22(2)29(16-17-36(33,7)19-30(41-23(3)37)32(21)35(28,5)6)43-31(39)20-40-27-14-13-25-10-8-9-11-26(25)18-27/h8-11,13-14,18,28-30,33-34H,2,12,15-17,19-20H2,1,3-7H3/t28-,29-,30-,33-,34+,36-/m0/s1. The molecule has 3 aliphatic rings. The zero-order valence-corrected chi connectivity index (χ0v) is 26.2. The normalized spacial score (nSPS) is 30.0. The molecule has 2 aromatic carbocycles. The lowest BCUT2D eigenvalue weighted by molar-refractivity contribution is -0.172. The number of hydrogen-bond acceptors (Lipinski definition) is 7. The van der Waals surface area contributed by atoms with Crippen molar-refractivity contribution >= 4 is 28.7 Å². The van der Waals surface area contributed by atoms with Crippen LogP contribution in [0.4, 0.5) is 0 Å². The van der Waals surface area contributed by atoms with Gasteiger partial charge in [0.15, 0.2) is 6.61 Å². The van der Waals surface area contributed by atoms with Crippen LogP contribution < -0.4 is 4.74 Å². The largest absolute Gasteiger partial charge is 0.482 e. The number of allylic oxidation sites excluding steroid dienone is 1. The third kappa shape index (κ3) is 6.09. The molecule has 230 valence electrons. The van der Waals surface area contributed by atoms with Gasteiger partial charge < -0.3 is 18.9 Å². The molecule has 0 aliphatic heterocycles. The lowest BCUT2D eigenvalue weighted by Crippen LogP contribution is -2.57. The van der Waals surface area contributed by atoms with Crippen LogP contribution in [0.15, 0.2) is 65.8 Å². The zero-order chi connectivity index (χ0) is 31.1. The van der Waals surface area contributed by atoms with E-state index < -0.39 is 23.6 Å². The van der Waals surface area contributed by atoms with E-state index in [4.69, 9.17) is 18.9 Å². The van der Waals surface area contributed by atoms with Crippen LogP contribution in [0.3, 0.4) is 0 Å². The third-order valence-corrected chi connectivity index (χ3v) is 10.1. The molecule has 43 heavy (non-hydrogen) atoms. The molecule has 0 aromatic heterocycles. The minimum absolute atomic E-state index is 0.0276. The second-order valence-electron chi connectivity index (χ2n) is 13.5. The van der Waals surface area contributed by atoms with Gasteiger partial charge in [0.1, 0.15) is 24.1 Å². The SMILES string of the molecule is C=C1[C@@H](OC(=O)COc2ccc3ccccc3c2)CC[C@@]2(C)C[C@H](OC(C)=O)C3=C(C)CC[C@@H]([C@@H](OC(C)=O)[C@H]12)C3(C)C. The van der Waals surface area contributed by atoms with Crippen LogP contribution in [0.1, 0.15) is 73.6 Å². The second-order valence-corrected chi connectivity index (χ2v) is 13.5. The smallest absolute Gasteiger partial charge is 0.344 e. The Balaban J connectivity index is 1.40. The molecule has 5 rings (SSSR count). The first-order valence-corrected chi connectivity index (χ1v) is 15.3. The van der Waals surface area contributed by atoms with Gasteiger partial charge in [-0.3, -0.25) is 9.59 Å². The van der Waals surface area contributed by atoms with Crippen molar-refractivity contribution in [2.45, 2.75) is 92.0 Å². The van der Waals surface area contributed by atoms with Crippen LogP contribution in [-0.2, 0) is 28.6 Å². The first-order valence-electron chi connectivity index (χ1n) is 15.3. The number of hydrogen-bond donors (Lipinski definition) is 0. The number of carbonyl (C=O) groups excluding carboxylic acids is 3. The Morgan fingerprint density at radius 3 is 2.30 bits per heavy atom. The number of fused-ring (bicyclic) bond motifs is 4. The maximum absolute atomic E-state index is 13.1. The number of benzene rings is 2. The fraction of sp³-hybridized carbons (Fsp3) is 0.528. The number of esters is 3. The topological polar surface area (TPSA) is 88.1 Å². The summed E-state index contributed by atoms with van der Waals surface area (Å²) in [5.41, 5.74) is 2.33. The highest BCUT2D eigenvalue weighted by Crippen LogP contribution is 2.60. The minimum atomic E-state index is -0.543. The van der Waals surface area contributed by atoms with Gasteiger partial charge in [0, 0.05) is 25.7 Å². The molecular weight excluding hydrogens is 544 g/mol. The molecule has 0 spiro atoms. The summed E-state index contributed by atoms with van der Waals surface area (Å²) in [7, 11) is 0. The summed E-state index contributed by atoms with van der Waals surface area (Å²) in [5.74, 6) is -0.853. The van der Waals surface area contributed by atoms with E-state index in [9.17, 15) is 14.4 Å². The molecule has 0 heterocycles. The van der Waals surface area contributed by atoms with E-state index in [1.54, 1.807) is 0 Å². The fourth-order valence-corrected chi connectivity index (χ4v) is 8.30. The Morgan fingerprint density at radius 1 is 0.907 bits per heavy atom. The molecule has 3 aliphatic carbocycles. The lowest BCUT2D eigenvalue weighted by atomic mass is 9.50. The van der Waals surface area contributed by atoms with E-state index in [-0.39, 0.29) is 41.9 Å². The molecule has 0 amide bonds. The number of rotatable bonds is 6. The molecule has 0 saturated heterocycles. The molecule has 2 aromatic rings. The summed E-state index contributed by atoms with van der Waals surface area (Å²) in [6.07, 6.45) is 2.11. The van der Waals surface area contributed by atoms with E-state index in [1.807, 2.05) is 42.5 Å². The van der Waals surface area contributed by atoms with Crippen LogP contribution in [0, 0.1) is 22.7 Å². The number of carbonyl (C=O) groups is 3. The monoisotopic (exact) mass is 588 g/mol. The Labute approximate surface area is 254 Å². The van der Waals surface area contributed by atoms with E-state index in [1.165, 1.54) is 19.4 Å². The molecule has 7 nitrogen and oxygen atoms in total. The Kier molecular flexibility index (Phi) is 8.47.